The predicted molar refractivity (Wildman–Crippen MR) is 78.4 cm³/mol. The number of anilines is 1. The van der Waals surface area contributed by atoms with Crippen molar-refractivity contribution in [2.24, 2.45) is 0 Å². The van der Waals surface area contributed by atoms with Gasteiger partial charge in [0.05, 0.1) is 14.2 Å². The lowest BCUT2D eigenvalue weighted by molar-refractivity contribution is 0.355. The maximum absolute atomic E-state index is 5.36. The first-order valence-corrected chi connectivity index (χ1v) is 6.67. The van der Waals surface area contributed by atoms with Crippen molar-refractivity contribution in [1.29, 1.82) is 0 Å². The Kier molecular flexibility index (Phi) is 3.90. The molecule has 1 fully saturated rings. The predicted octanol–water partition coefficient (Wildman–Crippen LogP) is 2.28. The Labute approximate surface area is 115 Å². The van der Waals surface area contributed by atoms with Crippen molar-refractivity contribution in [2.45, 2.75) is 31.8 Å². The molecule has 1 heterocycles. The third-order valence-electron chi connectivity index (χ3n) is 3.88. The summed E-state index contributed by atoms with van der Waals surface area (Å²) in [6.45, 7) is 5.50. The standard InChI is InChI=1S/C15H24N2O2/c1-15(2)9-12(10-16-15)17(3)11-6-7-13(18-4)14(8-11)19-5/h6-8,12,16H,9-10H2,1-5H3. The van der Waals surface area contributed by atoms with E-state index >= 15 is 0 Å². The largest absolute Gasteiger partial charge is 0.493 e. The van der Waals surface area contributed by atoms with Crippen molar-refractivity contribution in [3.8, 4) is 11.5 Å². The molecule has 1 aliphatic heterocycles. The van der Waals surface area contributed by atoms with Gasteiger partial charge in [-0.2, -0.15) is 0 Å². The van der Waals surface area contributed by atoms with Gasteiger partial charge in [-0.15, -0.1) is 0 Å². The molecular formula is C15H24N2O2. The van der Waals surface area contributed by atoms with Crippen LogP contribution in [0.3, 0.4) is 0 Å². The lowest BCUT2D eigenvalue weighted by Gasteiger charge is -2.27. The molecule has 0 saturated carbocycles. The summed E-state index contributed by atoms with van der Waals surface area (Å²) >= 11 is 0. The number of hydrogen-bond acceptors (Lipinski definition) is 4. The molecule has 0 bridgehead atoms. The highest BCUT2D eigenvalue weighted by atomic mass is 16.5. The summed E-state index contributed by atoms with van der Waals surface area (Å²) in [6.07, 6.45) is 1.14. The molecule has 106 valence electrons. The molecule has 0 spiro atoms. The number of methoxy groups -OCH3 is 2. The van der Waals surface area contributed by atoms with E-state index < -0.39 is 0 Å². The highest BCUT2D eigenvalue weighted by Gasteiger charge is 2.32. The van der Waals surface area contributed by atoms with Crippen LogP contribution in [0, 0.1) is 0 Å². The molecule has 2 rings (SSSR count). The van der Waals surface area contributed by atoms with Gasteiger partial charge in [0, 0.05) is 36.9 Å². The van der Waals surface area contributed by atoms with Crippen molar-refractivity contribution in [1.82, 2.24) is 5.32 Å². The number of ether oxygens (including phenoxy) is 2. The van der Waals surface area contributed by atoms with Crippen molar-refractivity contribution in [3.05, 3.63) is 18.2 Å². The fourth-order valence-corrected chi connectivity index (χ4v) is 2.66. The summed E-state index contributed by atoms with van der Waals surface area (Å²) in [6, 6.07) is 6.57. The molecule has 1 aromatic rings. The zero-order valence-electron chi connectivity index (χ0n) is 12.5. The lowest BCUT2D eigenvalue weighted by atomic mass is 10.0. The van der Waals surface area contributed by atoms with Gasteiger partial charge >= 0.3 is 0 Å². The molecule has 1 saturated heterocycles. The average molecular weight is 264 g/mol. The number of nitrogens with zero attached hydrogens (tertiary/aromatic N) is 1. The van der Waals surface area contributed by atoms with Crippen LogP contribution in [-0.4, -0.2) is 39.4 Å². The minimum absolute atomic E-state index is 0.218. The maximum Gasteiger partial charge on any atom is 0.162 e. The number of benzene rings is 1. The monoisotopic (exact) mass is 264 g/mol. The van der Waals surface area contributed by atoms with Crippen LogP contribution in [0.1, 0.15) is 20.3 Å². The van der Waals surface area contributed by atoms with Gasteiger partial charge in [0.15, 0.2) is 11.5 Å². The SMILES string of the molecule is COc1ccc(N(C)C2CNC(C)(C)C2)cc1OC. The van der Waals surface area contributed by atoms with Crippen LogP contribution >= 0.6 is 0 Å². The third-order valence-corrected chi connectivity index (χ3v) is 3.88. The van der Waals surface area contributed by atoms with Gasteiger partial charge in [0.2, 0.25) is 0 Å². The molecule has 1 unspecified atom stereocenters. The molecule has 1 aromatic carbocycles. The van der Waals surface area contributed by atoms with E-state index in [9.17, 15) is 0 Å². The average Bonchev–Trinajstić information content (AvgIpc) is 2.77. The van der Waals surface area contributed by atoms with E-state index in [1.165, 1.54) is 0 Å². The summed E-state index contributed by atoms with van der Waals surface area (Å²) < 4.78 is 10.6. The van der Waals surface area contributed by atoms with E-state index in [0.29, 0.717) is 6.04 Å². The number of hydrogen-bond donors (Lipinski definition) is 1. The van der Waals surface area contributed by atoms with E-state index in [-0.39, 0.29) is 5.54 Å². The first kappa shape index (κ1) is 14.0. The van der Waals surface area contributed by atoms with E-state index in [4.69, 9.17) is 9.47 Å². The van der Waals surface area contributed by atoms with Crippen LogP contribution in [0.5, 0.6) is 11.5 Å². The number of likely N-dealkylation sites (N-methyl/N-ethyl adjacent to an activating group) is 1. The van der Waals surface area contributed by atoms with Gasteiger partial charge < -0.3 is 19.7 Å². The molecule has 4 nitrogen and oxygen atoms in total. The molecule has 0 aromatic heterocycles. The fourth-order valence-electron chi connectivity index (χ4n) is 2.66. The molecule has 1 atom stereocenters. The maximum atomic E-state index is 5.36. The van der Waals surface area contributed by atoms with Crippen molar-refractivity contribution in [2.75, 3.05) is 32.7 Å². The Hall–Kier alpha value is -1.42. The summed E-state index contributed by atoms with van der Waals surface area (Å²) in [5, 5.41) is 3.55. The fraction of sp³-hybridized carbons (Fsp3) is 0.600. The van der Waals surface area contributed by atoms with Crippen LogP contribution in [0.4, 0.5) is 5.69 Å². The van der Waals surface area contributed by atoms with Gasteiger partial charge in [0.1, 0.15) is 0 Å². The smallest absolute Gasteiger partial charge is 0.162 e. The second-order valence-electron chi connectivity index (χ2n) is 5.77. The van der Waals surface area contributed by atoms with Crippen molar-refractivity contribution >= 4 is 5.69 Å². The van der Waals surface area contributed by atoms with Gasteiger partial charge in [0.25, 0.3) is 0 Å². The van der Waals surface area contributed by atoms with Crippen LogP contribution in [-0.2, 0) is 0 Å². The third kappa shape index (κ3) is 2.95. The molecule has 1 N–H and O–H groups in total. The summed E-state index contributed by atoms with van der Waals surface area (Å²) in [7, 11) is 5.46. The number of nitrogens with one attached hydrogen (secondary N) is 1. The van der Waals surface area contributed by atoms with E-state index in [2.05, 4.69) is 37.2 Å². The molecule has 4 heteroatoms. The summed E-state index contributed by atoms with van der Waals surface area (Å²) in [4.78, 5) is 2.31. The Morgan fingerprint density at radius 3 is 2.42 bits per heavy atom. The Bertz CT molecular complexity index is 446. The highest BCUT2D eigenvalue weighted by molar-refractivity contribution is 5.56. The quantitative estimate of drug-likeness (QED) is 0.904. The first-order chi connectivity index (χ1) is 8.96. The minimum atomic E-state index is 0.218. The normalized spacial score (nSPS) is 21.2. The van der Waals surface area contributed by atoms with Crippen molar-refractivity contribution in [3.63, 3.8) is 0 Å². The highest BCUT2D eigenvalue weighted by Crippen LogP contribution is 2.33. The second-order valence-corrected chi connectivity index (χ2v) is 5.77. The van der Waals surface area contributed by atoms with Gasteiger partial charge in [-0.1, -0.05) is 0 Å². The van der Waals surface area contributed by atoms with Crippen LogP contribution in [0.2, 0.25) is 0 Å². The van der Waals surface area contributed by atoms with Crippen molar-refractivity contribution < 1.29 is 9.47 Å². The Morgan fingerprint density at radius 2 is 1.89 bits per heavy atom. The summed E-state index contributed by atoms with van der Waals surface area (Å²) in [5.74, 6) is 1.54. The van der Waals surface area contributed by atoms with Crippen LogP contribution in [0.15, 0.2) is 18.2 Å². The minimum Gasteiger partial charge on any atom is -0.493 e. The Morgan fingerprint density at radius 1 is 1.21 bits per heavy atom. The van der Waals surface area contributed by atoms with Gasteiger partial charge in [-0.25, -0.2) is 0 Å². The molecule has 0 aliphatic carbocycles. The van der Waals surface area contributed by atoms with Crippen LogP contribution < -0.4 is 19.7 Å². The summed E-state index contributed by atoms with van der Waals surface area (Å²) in [5.41, 5.74) is 1.37. The van der Waals surface area contributed by atoms with Gasteiger partial charge in [-0.3, -0.25) is 0 Å². The van der Waals surface area contributed by atoms with Crippen LogP contribution in [0.25, 0.3) is 0 Å². The lowest BCUT2D eigenvalue weighted by Crippen LogP contribution is -2.33. The van der Waals surface area contributed by atoms with Gasteiger partial charge in [-0.05, 0) is 32.4 Å². The molecule has 0 radical (unpaired) electrons. The number of rotatable bonds is 4. The van der Waals surface area contributed by atoms with E-state index in [1.807, 2.05) is 12.1 Å². The topological polar surface area (TPSA) is 33.7 Å². The molecule has 19 heavy (non-hydrogen) atoms. The van der Waals surface area contributed by atoms with E-state index in [1.54, 1.807) is 14.2 Å². The first-order valence-electron chi connectivity index (χ1n) is 6.67. The zero-order valence-corrected chi connectivity index (χ0v) is 12.5. The second kappa shape index (κ2) is 5.29. The zero-order chi connectivity index (χ0) is 14.0. The molecule has 0 amide bonds. The Balaban J connectivity index is 2.18. The molecular weight excluding hydrogens is 240 g/mol. The van der Waals surface area contributed by atoms with E-state index in [0.717, 1.165) is 30.2 Å². The molecule has 1 aliphatic rings.